The van der Waals surface area contributed by atoms with E-state index in [4.69, 9.17) is 5.14 Å². The number of fused-ring (bicyclic) bond motifs is 1. The number of ketones is 1. The molecule has 3 N–H and O–H groups in total. The van der Waals surface area contributed by atoms with Crippen molar-refractivity contribution >= 4 is 21.7 Å². The molecule has 1 aliphatic rings. The second-order valence-corrected chi connectivity index (χ2v) is 7.98. The van der Waals surface area contributed by atoms with Crippen molar-refractivity contribution in [1.29, 1.82) is 0 Å². The minimum absolute atomic E-state index is 0.00517. The summed E-state index contributed by atoms with van der Waals surface area (Å²) in [5.41, 5.74) is 2.52. The Bertz CT molecular complexity index is 936. The summed E-state index contributed by atoms with van der Waals surface area (Å²) < 4.78 is 22.5. The number of carbonyl (C=O) groups excluding carboxylic acids is 2. The van der Waals surface area contributed by atoms with Crippen LogP contribution in [0.25, 0.3) is 0 Å². The van der Waals surface area contributed by atoms with Crippen molar-refractivity contribution in [3.05, 3.63) is 65.2 Å². The van der Waals surface area contributed by atoms with Gasteiger partial charge in [-0.1, -0.05) is 36.4 Å². The number of primary sulfonamides is 1. The largest absolute Gasteiger partial charge is 0.356 e. The van der Waals surface area contributed by atoms with Gasteiger partial charge in [0.2, 0.25) is 15.9 Å². The summed E-state index contributed by atoms with van der Waals surface area (Å²) in [5.74, 6) is -0.471. The molecule has 2 aromatic rings. The second-order valence-electron chi connectivity index (χ2n) is 6.42. The molecule has 0 radical (unpaired) electrons. The van der Waals surface area contributed by atoms with Crippen LogP contribution in [-0.2, 0) is 27.7 Å². The summed E-state index contributed by atoms with van der Waals surface area (Å²) in [6, 6.07) is 13.6. The van der Waals surface area contributed by atoms with Crippen molar-refractivity contribution in [2.24, 2.45) is 11.1 Å². The van der Waals surface area contributed by atoms with Gasteiger partial charge >= 0.3 is 0 Å². The molecule has 0 heterocycles. The molecule has 1 amide bonds. The quantitative estimate of drug-likeness (QED) is 0.828. The van der Waals surface area contributed by atoms with Gasteiger partial charge in [-0.2, -0.15) is 0 Å². The highest BCUT2D eigenvalue weighted by Gasteiger charge is 2.29. The first-order valence-electron chi connectivity index (χ1n) is 8.35. The third kappa shape index (κ3) is 4.17. The lowest BCUT2D eigenvalue weighted by atomic mass is 9.82. The number of hydrogen-bond donors (Lipinski definition) is 2. The van der Waals surface area contributed by atoms with E-state index in [2.05, 4.69) is 5.32 Å². The van der Waals surface area contributed by atoms with Gasteiger partial charge in [-0.3, -0.25) is 9.59 Å². The monoisotopic (exact) mass is 372 g/mol. The number of Topliss-reactive ketones (excluding diaryl/α,β-unsaturated/α-hetero) is 1. The van der Waals surface area contributed by atoms with Crippen molar-refractivity contribution < 1.29 is 18.0 Å². The Morgan fingerprint density at radius 1 is 1.08 bits per heavy atom. The van der Waals surface area contributed by atoms with Gasteiger partial charge < -0.3 is 5.32 Å². The summed E-state index contributed by atoms with van der Waals surface area (Å²) in [6.07, 6.45) is 1.36. The Balaban J connectivity index is 1.54. The van der Waals surface area contributed by atoms with E-state index in [1.165, 1.54) is 12.1 Å². The topological polar surface area (TPSA) is 106 Å². The second kappa shape index (κ2) is 7.39. The first-order chi connectivity index (χ1) is 12.3. The molecule has 136 valence electrons. The number of benzene rings is 2. The van der Waals surface area contributed by atoms with E-state index in [-0.39, 0.29) is 28.9 Å². The van der Waals surface area contributed by atoms with Crippen LogP contribution in [-0.4, -0.2) is 26.7 Å². The predicted octanol–water partition coefficient (Wildman–Crippen LogP) is 1.44. The Labute approximate surface area is 152 Å². The van der Waals surface area contributed by atoms with Crippen molar-refractivity contribution in [2.75, 3.05) is 6.54 Å². The molecular weight excluding hydrogens is 352 g/mol. The predicted molar refractivity (Wildman–Crippen MR) is 97.1 cm³/mol. The van der Waals surface area contributed by atoms with Crippen LogP contribution >= 0.6 is 0 Å². The highest BCUT2D eigenvalue weighted by Crippen LogP contribution is 2.25. The van der Waals surface area contributed by atoms with Crippen molar-refractivity contribution in [1.82, 2.24) is 5.32 Å². The fourth-order valence-corrected chi connectivity index (χ4v) is 3.66. The van der Waals surface area contributed by atoms with Crippen LogP contribution in [0.4, 0.5) is 0 Å². The zero-order chi connectivity index (χ0) is 18.7. The van der Waals surface area contributed by atoms with E-state index in [9.17, 15) is 18.0 Å². The number of amides is 1. The van der Waals surface area contributed by atoms with Gasteiger partial charge in [0.15, 0.2) is 5.78 Å². The first-order valence-corrected chi connectivity index (χ1v) is 9.90. The van der Waals surface area contributed by atoms with Crippen molar-refractivity contribution in [3.8, 4) is 0 Å². The average molecular weight is 372 g/mol. The zero-order valence-corrected chi connectivity index (χ0v) is 15.0. The molecule has 26 heavy (non-hydrogen) atoms. The SMILES string of the molecule is NS(=O)(=O)c1ccc(CCNC(=O)C2CC(=O)c3ccccc3C2)cc1. The molecule has 3 rings (SSSR count). The van der Waals surface area contributed by atoms with E-state index in [1.54, 1.807) is 18.2 Å². The standard InChI is InChI=1S/C19H20N2O4S/c20-26(24,25)16-7-5-13(6-8-16)9-10-21-19(23)15-11-14-3-1-2-4-17(14)18(22)12-15/h1-8,15H,9-12H2,(H,21,23)(H2,20,24,25). The van der Waals surface area contributed by atoms with E-state index < -0.39 is 10.0 Å². The highest BCUT2D eigenvalue weighted by molar-refractivity contribution is 7.89. The van der Waals surface area contributed by atoms with Crippen LogP contribution in [0.5, 0.6) is 0 Å². The van der Waals surface area contributed by atoms with Crippen molar-refractivity contribution in [3.63, 3.8) is 0 Å². The number of hydrogen-bond acceptors (Lipinski definition) is 4. The van der Waals surface area contributed by atoms with Gasteiger partial charge in [-0.05, 0) is 36.1 Å². The van der Waals surface area contributed by atoms with Crippen LogP contribution in [0.2, 0.25) is 0 Å². The summed E-state index contributed by atoms with van der Waals surface area (Å²) >= 11 is 0. The molecule has 1 atom stereocenters. The first kappa shape index (κ1) is 18.3. The molecular formula is C19H20N2O4S. The number of rotatable bonds is 5. The van der Waals surface area contributed by atoms with E-state index in [0.717, 1.165) is 11.1 Å². The van der Waals surface area contributed by atoms with Gasteiger partial charge in [0.25, 0.3) is 0 Å². The van der Waals surface area contributed by atoms with E-state index >= 15 is 0 Å². The van der Waals surface area contributed by atoms with Crippen LogP contribution < -0.4 is 10.5 Å². The lowest BCUT2D eigenvalue weighted by Gasteiger charge is -2.22. The molecule has 1 aliphatic carbocycles. The molecule has 0 saturated heterocycles. The molecule has 6 nitrogen and oxygen atoms in total. The lowest BCUT2D eigenvalue weighted by Crippen LogP contribution is -2.36. The smallest absolute Gasteiger partial charge is 0.238 e. The summed E-state index contributed by atoms with van der Waals surface area (Å²) in [5, 5.41) is 7.93. The summed E-state index contributed by atoms with van der Waals surface area (Å²) in [4.78, 5) is 24.6. The number of carbonyl (C=O) groups is 2. The zero-order valence-electron chi connectivity index (χ0n) is 14.1. The van der Waals surface area contributed by atoms with Crippen LogP contribution in [0.1, 0.15) is 27.9 Å². The maximum absolute atomic E-state index is 12.4. The fourth-order valence-electron chi connectivity index (χ4n) is 3.15. The van der Waals surface area contributed by atoms with Crippen LogP contribution in [0.15, 0.2) is 53.4 Å². The lowest BCUT2D eigenvalue weighted by molar-refractivity contribution is -0.125. The highest BCUT2D eigenvalue weighted by atomic mass is 32.2. The Hall–Kier alpha value is -2.51. The maximum atomic E-state index is 12.4. The number of nitrogens with one attached hydrogen (secondary N) is 1. The number of sulfonamides is 1. The molecule has 0 bridgehead atoms. The normalized spacial score (nSPS) is 16.8. The molecule has 7 heteroatoms. The van der Waals surface area contributed by atoms with Gasteiger partial charge in [0.05, 0.1) is 4.90 Å². The molecule has 0 aliphatic heterocycles. The van der Waals surface area contributed by atoms with Crippen LogP contribution in [0, 0.1) is 5.92 Å². The average Bonchev–Trinajstić information content (AvgIpc) is 2.61. The Morgan fingerprint density at radius 2 is 1.77 bits per heavy atom. The molecule has 0 spiro atoms. The Morgan fingerprint density at radius 3 is 2.46 bits per heavy atom. The molecule has 2 aromatic carbocycles. The third-order valence-electron chi connectivity index (χ3n) is 4.55. The van der Waals surface area contributed by atoms with E-state index in [1.807, 2.05) is 18.2 Å². The minimum Gasteiger partial charge on any atom is -0.356 e. The molecule has 1 unspecified atom stereocenters. The van der Waals surface area contributed by atoms with Gasteiger partial charge in [-0.25, -0.2) is 13.6 Å². The Kier molecular flexibility index (Phi) is 5.20. The van der Waals surface area contributed by atoms with Gasteiger partial charge in [0, 0.05) is 24.4 Å². The summed E-state index contributed by atoms with van der Waals surface area (Å²) in [6.45, 7) is 0.417. The summed E-state index contributed by atoms with van der Waals surface area (Å²) in [7, 11) is -3.70. The molecule has 0 fully saturated rings. The van der Waals surface area contributed by atoms with Gasteiger partial charge in [-0.15, -0.1) is 0 Å². The fraction of sp³-hybridized carbons (Fsp3) is 0.263. The van der Waals surface area contributed by atoms with Crippen molar-refractivity contribution in [2.45, 2.75) is 24.2 Å². The molecule has 0 aromatic heterocycles. The number of nitrogens with two attached hydrogens (primary N) is 1. The minimum atomic E-state index is -3.70. The van der Waals surface area contributed by atoms with Gasteiger partial charge in [0.1, 0.15) is 0 Å². The maximum Gasteiger partial charge on any atom is 0.238 e. The third-order valence-corrected chi connectivity index (χ3v) is 5.48. The van der Waals surface area contributed by atoms with E-state index in [0.29, 0.717) is 24.9 Å². The van der Waals surface area contributed by atoms with Crippen LogP contribution in [0.3, 0.4) is 0 Å². The molecule has 0 saturated carbocycles.